The molecule has 0 bridgehead atoms. The zero-order valence-corrected chi connectivity index (χ0v) is 12.0. The molecule has 1 aliphatic rings. The van der Waals surface area contributed by atoms with Crippen molar-refractivity contribution in [3.63, 3.8) is 0 Å². The van der Waals surface area contributed by atoms with E-state index in [0.29, 0.717) is 5.92 Å². The van der Waals surface area contributed by atoms with Gasteiger partial charge in [0.25, 0.3) is 0 Å². The normalized spacial score (nSPS) is 15.4. The molecule has 1 fully saturated rings. The third-order valence-electron chi connectivity index (χ3n) is 3.25. The standard InChI is InChI=1S/C16H21FO2/c1-5-10-8-14(17)13(9-12(10)11-6-7-11)15(18)19-16(2,3)4/h8-9,11H,5-7H2,1-4H3. The molecule has 1 aromatic carbocycles. The number of carbonyl (C=O) groups excluding carboxylic acids is 1. The smallest absolute Gasteiger partial charge is 0.341 e. The van der Waals surface area contributed by atoms with Crippen molar-refractivity contribution in [1.29, 1.82) is 0 Å². The number of benzene rings is 1. The number of hydrogen-bond donors (Lipinski definition) is 0. The van der Waals surface area contributed by atoms with Gasteiger partial charge in [-0.25, -0.2) is 9.18 Å². The summed E-state index contributed by atoms with van der Waals surface area (Å²) >= 11 is 0. The number of hydrogen-bond acceptors (Lipinski definition) is 2. The van der Waals surface area contributed by atoms with Crippen molar-refractivity contribution in [1.82, 2.24) is 0 Å². The maximum absolute atomic E-state index is 14.0. The Labute approximate surface area is 114 Å². The molecule has 0 radical (unpaired) electrons. The highest BCUT2D eigenvalue weighted by Crippen LogP contribution is 2.42. The average molecular weight is 264 g/mol. The van der Waals surface area contributed by atoms with Gasteiger partial charge in [-0.3, -0.25) is 0 Å². The average Bonchev–Trinajstić information content (AvgIpc) is 3.09. The summed E-state index contributed by atoms with van der Waals surface area (Å²) in [6.07, 6.45) is 3.05. The Kier molecular flexibility index (Phi) is 3.66. The van der Waals surface area contributed by atoms with Crippen LogP contribution in [0.1, 0.15) is 67.9 Å². The Balaban J connectivity index is 2.35. The molecule has 3 heteroatoms. The Morgan fingerprint density at radius 1 is 1.37 bits per heavy atom. The van der Waals surface area contributed by atoms with Crippen LogP contribution in [-0.2, 0) is 11.2 Å². The van der Waals surface area contributed by atoms with E-state index in [-0.39, 0.29) is 5.56 Å². The molecule has 0 atom stereocenters. The van der Waals surface area contributed by atoms with Gasteiger partial charge in [-0.05, 0) is 69.2 Å². The highest BCUT2D eigenvalue weighted by Gasteiger charge is 2.29. The third-order valence-corrected chi connectivity index (χ3v) is 3.25. The fourth-order valence-corrected chi connectivity index (χ4v) is 2.20. The topological polar surface area (TPSA) is 26.3 Å². The SMILES string of the molecule is CCc1cc(F)c(C(=O)OC(C)(C)C)cc1C1CC1. The minimum absolute atomic E-state index is 0.0639. The minimum atomic E-state index is -0.604. The Bertz CT molecular complexity index is 496. The Morgan fingerprint density at radius 3 is 2.47 bits per heavy atom. The van der Waals surface area contributed by atoms with Crippen LogP contribution in [0.5, 0.6) is 0 Å². The summed E-state index contributed by atoms with van der Waals surface area (Å²) in [6.45, 7) is 7.36. The van der Waals surface area contributed by atoms with Gasteiger partial charge in [0.1, 0.15) is 11.4 Å². The van der Waals surface area contributed by atoms with E-state index in [1.807, 2.05) is 6.92 Å². The first-order valence-corrected chi connectivity index (χ1v) is 6.87. The minimum Gasteiger partial charge on any atom is -0.456 e. The van der Waals surface area contributed by atoms with E-state index in [9.17, 15) is 9.18 Å². The van der Waals surface area contributed by atoms with Gasteiger partial charge in [-0.1, -0.05) is 6.92 Å². The first kappa shape index (κ1) is 14.0. The van der Waals surface area contributed by atoms with E-state index in [1.165, 1.54) is 6.07 Å². The van der Waals surface area contributed by atoms with Crippen LogP contribution in [0.25, 0.3) is 0 Å². The number of esters is 1. The van der Waals surface area contributed by atoms with Crippen LogP contribution in [-0.4, -0.2) is 11.6 Å². The molecule has 1 saturated carbocycles. The quantitative estimate of drug-likeness (QED) is 0.764. The van der Waals surface area contributed by atoms with E-state index in [0.717, 1.165) is 30.4 Å². The molecule has 0 spiro atoms. The first-order valence-electron chi connectivity index (χ1n) is 6.87. The van der Waals surface area contributed by atoms with Gasteiger partial charge in [0, 0.05) is 0 Å². The van der Waals surface area contributed by atoms with E-state index in [4.69, 9.17) is 4.74 Å². The second-order valence-corrected chi connectivity index (χ2v) is 6.16. The Hall–Kier alpha value is -1.38. The number of carbonyl (C=O) groups is 1. The second-order valence-electron chi connectivity index (χ2n) is 6.16. The second kappa shape index (κ2) is 4.95. The molecule has 0 aromatic heterocycles. The van der Waals surface area contributed by atoms with Crippen molar-refractivity contribution in [3.05, 3.63) is 34.6 Å². The first-order chi connectivity index (χ1) is 8.81. The van der Waals surface area contributed by atoms with Gasteiger partial charge < -0.3 is 4.74 Å². The van der Waals surface area contributed by atoms with Crippen molar-refractivity contribution >= 4 is 5.97 Å². The number of halogens is 1. The maximum Gasteiger partial charge on any atom is 0.341 e. The van der Waals surface area contributed by atoms with Crippen LogP contribution in [0, 0.1) is 5.82 Å². The van der Waals surface area contributed by atoms with E-state index < -0.39 is 17.4 Å². The molecule has 0 saturated heterocycles. The molecule has 2 nitrogen and oxygen atoms in total. The number of ether oxygens (including phenoxy) is 1. The fraction of sp³-hybridized carbons (Fsp3) is 0.562. The maximum atomic E-state index is 14.0. The summed E-state index contributed by atoms with van der Waals surface area (Å²) in [5.74, 6) is -0.554. The highest BCUT2D eigenvalue weighted by atomic mass is 19.1. The lowest BCUT2D eigenvalue weighted by Gasteiger charge is -2.20. The molecule has 0 amide bonds. The van der Waals surface area contributed by atoms with Gasteiger partial charge >= 0.3 is 5.97 Å². The Morgan fingerprint density at radius 2 is 2.00 bits per heavy atom. The van der Waals surface area contributed by atoms with E-state index >= 15 is 0 Å². The molecule has 0 unspecified atom stereocenters. The van der Waals surface area contributed by atoms with Crippen LogP contribution in [0.2, 0.25) is 0 Å². The molecule has 1 aliphatic carbocycles. The van der Waals surface area contributed by atoms with Gasteiger partial charge in [-0.2, -0.15) is 0 Å². The molecule has 0 aliphatic heterocycles. The lowest BCUT2D eigenvalue weighted by Crippen LogP contribution is -2.24. The summed E-state index contributed by atoms with van der Waals surface area (Å²) in [6, 6.07) is 3.19. The predicted molar refractivity (Wildman–Crippen MR) is 72.9 cm³/mol. The fourth-order valence-electron chi connectivity index (χ4n) is 2.20. The summed E-state index contributed by atoms with van der Waals surface area (Å²) in [7, 11) is 0. The molecule has 0 N–H and O–H groups in total. The number of aryl methyl sites for hydroxylation is 1. The monoisotopic (exact) mass is 264 g/mol. The lowest BCUT2D eigenvalue weighted by atomic mass is 9.98. The van der Waals surface area contributed by atoms with Crippen LogP contribution in [0.4, 0.5) is 4.39 Å². The molecule has 1 aromatic rings. The van der Waals surface area contributed by atoms with Gasteiger partial charge in [-0.15, -0.1) is 0 Å². The van der Waals surface area contributed by atoms with Crippen molar-refractivity contribution < 1.29 is 13.9 Å². The molecule has 104 valence electrons. The largest absolute Gasteiger partial charge is 0.456 e. The molecule has 19 heavy (non-hydrogen) atoms. The van der Waals surface area contributed by atoms with Gasteiger partial charge in [0.05, 0.1) is 5.56 Å². The van der Waals surface area contributed by atoms with E-state index in [1.54, 1.807) is 26.8 Å². The predicted octanol–water partition coefficient (Wildman–Crippen LogP) is 4.22. The molecular formula is C16H21FO2. The molecule has 0 heterocycles. The van der Waals surface area contributed by atoms with Crippen LogP contribution < -0.4 is 0 Å². The van der Waals surface area contributed by atoms with Crippen molar-refractivity contribution in [2.75, 3.05) is 0 Å². The highest BCUT2D eigenvalue weighted by molar-refractivity contribution is 5.90. The number of rotatable bonds is 3. The lowest BCUT2D eigenvalue weighted by molar-refractivity contribution is 0.00646. The zero-order valence-electron chi connectivity index (χ0n) is 12.0. The van der Waals surface area contributed by atoms with Gasteiger partial charge in [0.15, 0.2) is 0 Å². The van der Waals surface area contributed by atoms with Crippen molar-refractivity contribution in [2.45, 2.75) is 58.5 Å². The summed E-state index contributed by atoms with van der Waals surface area (Å²) in [5.41, 5.74) is 1.58. The van der Waals surface area contributed by atoms with E-state index in [2.05, 4.69) is 0 Å². The van der Waals surface area contributed by atoms with Crippen LogP contribution in [0.3, 0.4) is 0 Å². The zero-order chi connectivity index (χ0) is 14.2. The summed E-state index contributed by atoms with van der Waals surface area (Å²) < 4.78 is 19.3. The van der Waals surface area contributed by atoms with Crippen LogP contribution >= 0.6 is 0 Å². The van der Waals surface area contributed by atoms with Crippen molar-refractivity contribution in [3.8, 4) is 0 Å². The summed E-state index contributed by atoms with van der Waals surface area (Å²) in [4.78, 5) is 12.0. The van der Waals surface area contributed by atoms with Crippen molar-refractivity contribution in [2.24, 2.45) is 0 Å². The van der Waals surface area contributed by atoms with Crippen LogP contribution in [0.15, 0.2) is 12.1 Å². The molecule has 2 rings (SSSR count). The molecular weight excluding hydrogens is 243 g/mol. The summed E-state index contributed by atoms with van der Waals surface area (Å²) in [5, 5.41) is 0. The third kappa shape index (κ3) is 3.34. The van der Waals surface area contributed by atoms with Gasteiger partial charge in [0.2, 0.25) is 0 Å².